The smallest absolute Gasteiger partial charge is 0.405 e. The summed E-state index contributed by atoms with van der Waals surface area (Å²) >= 11 is 0. The highest BCUT2D eigenvalue weighted by atomic mass is 16.5. The summed E-state index contributed by atoms with van der Waals surface area (Å²) in [7, 11) is 0. The fourth-order valence-electron chi connectivity index (χ4n) is 6.04. The van der Waals surface area contributed by atoms with Crippen LogP contribution in [0.1, 0.15) is 71.7 Å². The summed E-state index contributed by atoms with van der Waals surface area (Å²) in [5.41, 5.74) is 2.77. The van der Waals surface area contributed by atoms with E-state index in [1.807, 2.05) is 42.2 Å². The summed E-state index contributed by atoms with van der Waals surface area (Å²) in [4.78, 5) is 28.6. The molecule has 2 saturated heterocycles. The van der Waals surface area contributed by atoms with Crippen LogP contribution in [-0.2, 0) is 0 Å². The lowest BCUT2D eigenvalue weighted by Gasteiger charge is -2.24. The van der Waals surface area contributed by atoms with E-state index in [9.17, 15) is 19.9 Å². The molecule has 8 heteroatoms. The van der Waals surface area contributed by atoms with Crippen LogP contribution in [0.4, 0.5) is 4.79 Å². The Labute approximate surface area is 219 Å². The van der Waals surface area contributed by atoms with Crippen LogP contribution < -0.4 is 10.0 Å². The Hall–Kier alpha value is -3.13. The molecule has 2 N–H and O–H groups in total. The van der Waals surface area contributed by atoms with Gasteiger partial charge in [-0.05, 0) is 36.3 Å². The number of carbonyl (C=O) groups is 2. The van der Waals surface area contributed by atoms with Crippen LogP contribution in [0, 0.1) is 30.9 Å². The van der Waals surface area contributed by atoms with Gasteiger partial charge in [-0.1, -0.05) is 62.4 Å². The molecule has 3 heterocycles. The second-order valence-corrected chi connectivity index (χ2v) is 10.7. The first-order valence-electron chi connectivity index (χ1n) is 13.6. The van der Waals surface area contributed by atoms with E-state index in [1.165, 1.54) is 38.3 Å². The van der Waals surface area contributed by atoms with Gasteiger partial charge < -0.3 is 25.4 Å². The van der Waals surface area contributed by atoms with Crippen molar-refractivity contribution in [2.24, 2.45) is 11.8 Å². The quantitative estimate of drug-likeness (QED) is 0.448. The van der Waals surface area contributed by atoms with Gasteiger partial charge in [0.05, 0.1) is 6.04 Å². The summed E-state index contributed by atoms with van der Waals surface area (Å²) in [5.74, 6) is 0.761. The molecule has 2 amide bonds. The predicted octanol–water partition coefficient (Wildman–Crippen LogP) is 4.29. The molecule has 8 nitrogen and oxygen atoms in total. The van der Waals surface area contributed by atoms with Crippen molar-refractivity contribution in [1.82, 2.24) is 15.1 Å². The van der Waals surface area contributed by atoms with E-state index in [0.29, 0.717) is 42.6 Å². The van der Waals surface area contributed by atoms with Crippen LogP contribution in [-0.4, -0.2) is 59.6 Å². The first kappa shape index (κ1) is 26.9. The maximum absolute atomic E-state index is 13.1. The highest BCUT2D eigenvalue weighted by Gasteiger charge is 2.42. The van der Waals surface area contributed by atoms with Gasteiger partial charge in [0.25, 0.3) is 5.91 Å². The number of rotatable bonds is 6. The van der Waals surface area contributed by atoms with Gasteiger partial charge in [-0.3, -0.25) is 4.79 Å². The van der Waals surface area contributed by atoms with Gasteiger partial charge >= 0.3 is 6.09 Å². The molecule has 1 aliphatic carbocycles. The van der Waals surface area contributed by atoms with Crippen LogP contribution in [0.25, 0.3) is 0 Å². The Morgan fingerprint density at radius 2 is 1.59 bits per heavy atom. The number of pyridine rings is 1. The monoisotopic (exact) mass is 508 g/mol. The molecule has 3 fully saturated rings. The van der Waals surface area contributed by atoms with Crippen molar-refractivity contribution in [3.63, 3.8) is 0 Å². The van der Waals surface area contributed by atoms with Crippen molar-refractivity contribution in [3.05, 3.63) is 70.2 Å². The van der Waals surface area contributed by atoms with E-state index in [4.69, 9.17) is 0 Å². The van der Waals surface area contributed by atoms with E-state index in [1.54, 1.807) is 13.0 Å². The zero-order valence-corrected chi connectivity index (χ0v) is 22.1. The molecule has 5 rings (SSSR count). The Balaban J connectivity index is 0.000000572. The maximum Gasteiger partial charge on any atom is 0.405 e. The Morgan fingerprint density at radius 3 is 2.16 bits per heavy atom. The average Bonchev–Trinajstić information content (AvgIpc) is 3.64. The fraction of sp³-hybridized carbons (Fsp3) is 0.552. The minimum atomic E-state index is -1.02. The normalized spacial score (nSPS) is 21.7. The van der Waals surface area contributed by atoms with Gasteiger partial charge in [0, 0.05) is 45.7 Å². The van der Waals surface area contributed by atoms with Crippen LogP contribution in [0.2, 0.25) is 0 Å². The first-order chi connectivity index (χ1) is 17.8. The summed E-state index contributed by atoms with van der Waals surface area (Å²) in [6.45, 7) is 7.56. The van der Waals surface area contributed by atoms with E-state index < -0.39 is 6.09 Å². The zero-order valence-electron chi connectivity index (χ0n) is 22.1. The summed E-state index contributed by atoms with van der Waals surface area (Å²) in [6.07, 6.45) is 8.63. The van der Waals surface area contributed by atoms with Gasteiger partial charge in [0.15, 0.2) is 6.20 Å². The minimum absolute atomic E-state index is 0.0547. The molecular formula is C29H40N4O4. The topological polar surface area (TPSA) is 99.8 Å². The maximum atomic E-state index is 13.1. The zero-order chi connectivity index (χ0) is 26.4. The third-order valence-electron chi connectivity index (χ3n) is 8.09. The Kier molecular flexibility index (Phi) is 9.03. The number of carbonyl (C=O) groups excluding carboxylic acids is 1. The average molecular weight is 509 g/mol. The van der Waals surface area contributed by atoms with Gasteiger partial charge in [-0.2, -0.15) is 4.73 Å². The molecule has 2 aromatic rings. The number of nitrogens with one attached hydrogen (secondary N) is 1. The van der Waals surface area contributed by atoms with Crippen molar-refractivity contribution in [3.8, 4) is 0 Å². The lowest BCUT2D eigenvalue weighted by molar-refractivity contribution is -0.612. The molecule has 3 aliphatic rings. The highest BCUT2D eigenvalue weighted by Crippen LogP contribution is 2.33. The van der Waals surface area contributed by atoms with Crippen LogP contribution in [0.3, 0.4) is 0 Å². The summed E-state index contributed by atoms with van der Waals surface area (Å²) < 4.78 is 0.757. The summed E-state index contributed by atoms with van der Waals surface area (Å²) in [6, 6.07) is 11.1. The first-order valence-corrected chi connectivity index (χ1v) is 13.6. The van der Waals surface area contributed by atoms with Crippen LogP contribution in [0.15, 0.2) is 42.6 Å². The SMILES string of the molecule is C1CCCC1.Cc1cc[n+]([O-])c(C)c1C(=O)N1CC2CN(CCC(NC(=O)O)c3ccccc3)C[C@H]2C1. The molecule has 1 saturated carbocycles. The van der Waals surface area contributed by atoms with E-state index >= 15 is 0 Å². The van der Waals surface area contributed by atoms with Gasteiger partial charge in [0.2, 0.25) is 5.69 Å². The standard InChI is InChI=1S/C24H30N4O4.C5H10/c1-16-8-11-28(32)17(2)22(16)23(29)27-14-19-12-26(13-20(19)15-27)10-9-21(25-24(30)31)18-6-4-3-5-7-18;1-2-4-5-3-1/h3-8,11,19-21,25H,9-10,12-15H2,1-2H3,(H,30,31);1-5H2/t19-,20?,21?;/m0./s1. The number of carboxylic acid groups (broad SMARTS) is 1. The third kappa shape index (κ3) is 6.80. The number of nitrogens with zero attached hydrogens (tertiary/aromatic N) is 3. The molecule has 37 heavy (non-hydrogen) atoms. The van der Waals surface area contributed by atoms with Crippen LogP contribution in [0.5, 0.6) is 0 Å². The molecular weight excluding hydrogens is 468 g/mol. The molecule has 2 aliphatic heterocycles. The van der Waals surface area contributed by atoms with Crippen molar-refractivity contribution in [2.45, 2.75) is 58.4 Å². The number of hydrogen-bond acceptors (Lipinski definition) is 4. The van der Waals surface area contributed by atoms with Gasteiger partial charge in [-0.25, -0.2) is 4.79 Å². The molecule has 0 spiro atoms. The molecule has 1 aromatic carbocycles. The lowest BCUT2D eigenvalue weighted by atomic mass is 10.0. The second-order valence-electron chi connectivity index (χ2n) is 10.7. The molecule has 2 unspecified atom stereocenters. The van der Waals surface area contributed by atoms with E-state index in [2.05, 4.69) is 10.2 Å². The number of aromatic nitrogens is 1. The second kappa shape index (κ2) is 12.4. The number of fused-ring (bicyclic) bond motifs is 1. The van der Waals surface area contributed by atoms with Crippen molar-refractivity contribution in [2.75, 3.05) is 32.7 Å². The number of aryl methyl sites for hydroxylation is 1. The minimum Gasteiger partial charge on any atom is -0.618 e. The third-order valence-corrected chi connectivity index (χ3v) is 8.09. The molecule has 0 bridgehead atoms. The lowest BCUT2D eigenvalue weighted by Crippen LogP contribution is -2.38. The molecule has 3 atom stereocenters. The number of likely N-dealkylation sites (tertiary alicyclic amines) is 2. The van der Waals surface area contributed by atoms with E-state index in [-0.39, 0.29) is 11.9 Å². The number of amides is 2. The van der Waals surface area contributed by atoms with Gasteiger partial charge in [0.1, 0.15) is 5.56 Å². The predicted molar refractivity (Wildman–Crippen MR) is 142 cm³/mol. The highest BCUT2D eigenvalue weighted by molar-refractivity contribution is 5.96. The van der Waals surface area contributed by atoms with E-state index in [0.717, 1.165) is 35.5 Å². The molecule has 1 aromatic heterocycles. The largest absolute Gasteiger partial charge is 0.618 e. The number of hydrogen-bond donors (Lipinski definition) is 2. The van der Waals surface area contributed by atoms with Crippen molar-refractivity contribution in [1.29, 1.82) is 0 Å². The van der Waals surface area contributed by atoms with Crippen LogP contribution >= 0.6 is 0 Å². The number of benzene rings is 1. The molecule has 200 valence electrons. The fourth-order valence-corrected chi connectivity index (χ4v) is 6.04. The Bertz CT molecular complexity index is 1050. The van der Waals surface area contributed by atoms with Crippen molar-refractivity contribution < 1.29 is 19.4 Å². The summed E-state index contributed by atoms with van der Waals surface area (Å²) in [5, 5.41) is 23.8. The van der Waals surface area contributed by atoms with Gasteiger partial charge in [-0.15, -0.1) is 0 Å². The molecule has 0 radical (unpaired) electrons. The van der Waals surface area contributed by atoms with Crippen molar-refractivity contribution >= 4 is 12.0 Å². The Morgan fingerprint density at radius 1 is 1.00 bits per heavy atom.